The maximum absolute atomic E-state index is 5.55. The molecule has 0 saturated carbocycles. The third-order valence-corrected chi connectivity index (χ3v) is 1.96. The third-order valence-electron chi connectivity index (χ3n) is 0.875. The van der Waals surface area contributed by atoms with Crippen molar-refractivity contribution in [1.29, 1.82) is 0 Å². The fourth-order valence-corrected chi connectivity index (χ4v) is 0.880. The van der Waals surface area contributed by atoms with E-state index in [9.17, 15) is 0 Å². The summed E-state index contributed by atoms with van der Waals surface area (Å²) in [6, 6.07) is 0. The zero-order valence-electron chi connectivity index (χ0n) is 4.23. The molecule has 0 N–H and O–H groups in total. The monoisotopic (exact) mass is 194 g/mol. The molecule has 0 aliphatic carbocycles. The lowest BCUT2D eigenvalue weighted by atomic mass is 10.9. The zero-order valence-corrected chi connectivity index (χ0v) is 6.57. The van der Waals surface area contributed by atoms with E-state index in [1.54, 1.807) is 10.8 Å². The van der Waals surface area contributed by atoms with Gasteiger partial charge >= 0.3 is 0 Å². The molecule has 0 spiro atoms. The Morgan fingerprint density at radius 3 is 2.62 bits per heavy atom. The van der Waals surface area contributed by atoms with Crippen molar-refractivity contribution in [3.8, 4) is 0 Å². The van der Waals surface area contributed by atoms with Crippen molar-refractivity contribution in [2.24, 2.45) is 7.05 Å². The zero-order chi connectivity index (χ0) is 6.15. The molecule has 0 bridgehead atoms. The van der Waals surface area contributed by atoms with Gasteiger partial charge in [-0.05, 0) is 27.5 Å². The van der Waals surface area contributed by atoms with Crippen molar-refractivity contribution in [3.05, 3.63) is 16.1 Å². The second kappa shape index (κ2) is 2.07. The molecule has 1 heterocycles. The molecular formula is C4H4BrClN2. The lowest BCUT2D eigenvalue weighted by Crippen LogP contribution is -1.85. The summed E-state index contributed by atoms with van der Waals surface area (Å²) < 4.78 is 2.63. The van der Waals surface area contributed by atoms with E-state index >= 15 is 0 Å². The van der Waals surface area contributed by atoms with E-state index in [1.165, 1.54) is 0 Å². The Labute approximate surface area is 60.6 Å². The average Bonchev–Trinajstić information content (AvgIpc) is 1.98. The van der Waals surface area contributed by atoms with Crippen LogP contribution in [0.25, 0.3) is 0 Å². The summed E-state index contributed by atoms with van der Waals surface area (Å²) in [4.78, 5) is 3.80. The minimum Gasteiger partial charge on any atom is -0.313 e. The standard InChI is InChI=1S/C4H4BrClN2/c1-8-3(5)2-7-4(8)6/h2H,1H3. The molecule has 0 fully saturated rings. The Morgan fingerprint density at radius 1 is 1.88 bits per heavy atom. The van der Waals surface area contributed by atoms with Crippen LogP contribution in [0.15, 0.2) is 10.8 Å². The number of rotatable bonds is 0. The van der Waals surface area contributed by atoms with Crippen LogP contribution < -0.4 is 0 Å². The van der Waals surface area contributed by atoms with Gasteiger partial charge in [0.15, 0.2) is 0 Å². The van der Waals surface area contributed by atoms with Crippen LogP contribution in [0.1, 0.15) is 0 Å². The van der Waals surface area contributed by atoms with Gasteiger partial charge in [0.25, 0.3) is 0 Å². The summed E-state index contributed by atoms with van der Waals surface area (Å²) >= 11 is 8.78. The Balaban J connectivity index is 3.19. The number of aromatic nitrogens is 2. The molecule has 0 aromatic carbocycles. The number of halogens is 2. The highest BCUT2D eigenvalue weighted by Gasteiger charge is 1.96. The molecule has 0 amide bonds. The highest BCUT2D eigenvalue weighted by molar-refractivity contribution is 9.10. The molecule has 0 aliphatic rings. The Hall–Kier alpha value is -0.0200. The van der Waals surface area contributed by atoms with Gasteiger partial charge in [0.05, 0.1) is 6.20 Å². The SMILES string of the molecule is Cn1c(Br)cnc1Cl. The quantitative estimate of drug-likeness (QED) is 0.618. The molecular weight excluding hydrogens is 191 g/mol. The summed E-state index contributed by atoms with van der Waals surface area (Å²) in [7, 11) is 1.83. The topological polar surface area (TPSA) is 17.8 Å². The second-order valence-electron chi connectivity index (χ2n) is 1.41. The van der Waals surface area contributed by atoms with E-state index in [0.29, 0.717) is 5.28 Å². The summed E-state index contributed by atoms with van der Waals surface area (Å²) in [5, 5.41) is 0.497. The summed E-state index contributed by atoms with van der Waals surface area (Å²) in [5.41, 5.74) is 0. The minimum atomic E-state index is 0.497. The van der Waals surface area contributed by atoms with Crippen molar-refractivity contribution in [1.82, 2.24) is 9.55 Å². The molecule has 0 radical (unpaired) electrons. The molecule has 0 atom stereocenters. The first-order chi connectivity index (χ1) is 3.72. The largest absolute Gasteiger partial charge is 0.313 e. The molecule has 0 aliphatic heterocycles. The van der Waals surface area contributed by atoms with Crippen molar-refractivity contribution >= 4 is 27.5 Å². The van der Waals surface area contributed by atoms with Gasteiger partial charge in [0.1, 0.15) is 4.60 Å². The fourth-order valence-electron chi connectivity index (χ4n) is 0.368. The van der Waals surface area contributed by atoms with Crippen LogP contribution in [-0.4, -0.2) is 9.55 Å². The van der Waals surface area contributed by atoms with Crippen LogP contribution in [0.4, 0.5) is 0 Å². The molecule has 1 aromatic heterocycles. The van der Waals surface area contributed by atoms with E-state index in [-0.39, 0.29) is 0 Å². The van der Waals surface area contributed by atoms with Gasteiger partial charge in [-0.1, -0.05) is 0 Å². The van der Waals surface area contributed by atoms with Crippen molar-refractivity contribution in [2.75, 3.05) is 0 Å². The summed E-state index contributed by atoms with van der Waals surface area (Å²) in [6.45, 7) is 0. The smallest absolute Gasteiger partial charge is 0.203 e. The number of hydrogen-bond acceptors (Lipinski definition) is 1. The average molecular weight is 195 g/mol. The van der Waals surface area contributed by atoms with Gasteiger partial charge in [-0.25, -0.2) is 4.98 Å². The third kappa shape index (κ3) is 0.880. The van der Waals surface area contributed by atoms with Crippen LogP contribution in [0.5, 0.6) is 0 Å². The molecule has 44 valence electrons. The van der Waals surface area contributed by atoms with E-state index < -0.39 is 0 Å². The first-order valence-corrected chi connectivity index (χ1v) is 3.21. The molecule has 4 heteroatoms. The maximum Gasteiger partial charge on any atom is 0.203 e. The van der Waals surface area contributed by atoms with Crippen LogP contribution in [-0.2, 0) is 7.05 Å². The molecule has 1 rings (SSSR count). The molecule has 8 heavy (non-hydrogen) atoms. The maximum atomic E-state index is 5.55. The molecule has 0 unspecified atom stereocenters. The summed E-state index contributed by atoms with van der Waals surface area (Å²) in [6.07, 6.45) is 1.66. The fraction of sp³-hybridized carbons (Fsp3) is 0.250. The Bertz CT molecular complexity index is 176. The predicted octanol–water partition coefficient (Wildman–Crippen LogP) is 1.84. The highest BCUT2D eigenvalue weighted by Crippen LogP contribution is 2.12. The van der Waals surface area contributed by atoms with Gasteiger partial charge in [0, 0.05) is 7.05 Å². The number of nitrogens with zero attached hydrogens (tertiary/aromatic N) is 2. The van der Waals surface area contributed by atoms with Crippen molar-refractivity contribution in [3.63, 3.8) is 0 Å². The lowest BCUT2D eigenvalue weighted by molar-refractivity contribution is 0.892. The second-order valence-corrected chi connectivity index (χ2v) is 2.56. The first kappa shape index (κ1) is 6.11. The van der Waals surface area contributed by atoms with Gasteiger partial charge < -0.3 is 4.57 Å². The molecule has 0 saturated heterocycles. The normalized spacial score (nSPS) is 9.88. The van der Waals surface area contributed by atoms with E-state index in [0.717, 1.165) is 4.60 Å². The van der Waals surface area contributed by atoms with Gasteiger partial charge in [-0.2, -0.15) is 0 Å². The number of hydrogen-bond donors (Lipinski definition) is 0. The van der Waals surface area contributed by atoms with Crippen LogP contribution >= 0.6 is 27.5 Å². The number of imidazole rings is 1. The van der Waals surface area contributed by atoms with Gasteiger partial charge in [0.2, 0.25) is 5.28 Å². The van der Waals surface area contributed by atoms with E-state index in [2.05, 4.69) is 20.9 Å². The van der Waals surface area contributed by atoms with E-state index in [4.69, 9.17) is 11.6 Å². The molecule has 1 aromatic rings. The van der Waals surface area contributed by atoms with Crippen molar-refractivity contribution < 1.29 is 0 Å². The Kier molecular flexibility index (Phi) is 1.58. The molecule has 2 nitrogen and oxygen atoms in total. The van der Waals surface area contributed by atoms with Gasteiger partial charge in [-0.3, -0.25) is 0 Å². The first-order valence-electron chi connectivity index (χ1n) is 2.04. The van der Waals surface area contributed by atoms with Gasteiger partial charge in [-0.15, -0.1) is 0 Å². The van der Waals surface area contributed by atoms with Crippen molar-refractivity contribution in [2.45, 2.75) is 0 Å². The lowest BCUT2D eigenvalue weighted by Gasteiger charge is -1.90. The summed E-state index contributed by atoms with van der Waals surface area (Å²) in [5.74, 6) is 0. The van der Waals surface area contributed by atoms with Crippen LogP contribution in [0.3, 0.4) is 0 Å². The minimum absolute atomic E-state index is 0.497. The van der Waals surface area contributed by atoms with E-state index in [1.807, 2.05) is 7.05 Å². The highest BCUT2D eigenvalue weighted by atomic mass is 79.9. The van der Waals surface area contributed by atoms with Crippen LogP contribution in [0.2, 0.25) is 5.28 Å². The predicted molar refractivity (Wildman–Crippen MR) is 35.9 cm³/mol. The Morgan fingerprint density at radius 2 is 2.50 bits per heavy atom. The van der Waals surface area contributed by atoms with Crippen LogP contribution in [0, 0.1) is 0 Å².